The number of rotatable bonds is 3. The summed E-state index contributed by atoms with van der Waals surface area (Å²) in [7, 11) is 0. The monoisotopic (exact) mass is 251 g/mol. The molecule has 1 N–H and O–H groups in total. The number of fused-ring (bicyclic) bond motifs is 1. The van der Waals surface area contributed by atoms with Crippen molar-refractivity contribution in [1.29, 1.82) is 0 Å². The van der Waals surface area contributed by atoms with Crippen molar-refractivity contribution >= 4 is 6.09 Å². The third kappa shape index (κ3) is 2.67. The summed E-state index contributed by atoms with van der Waals surface area (Å²) in [5, 5.41) is 2.64. The van der Waals surface area contributed by atoms with Gasteiger partial charge in [0.2, 0.25) is 11.5 Å². The van der Waals surface area contributed by atoms with Crippen molar-refractivity contribution < 1.29 is 19.0 Å². The van der Waals surface area contributed by atoms with Gasteiger partial charge in [-0.1, -0.05) is 13.0 Å². The van der Waals surface area contributed by atoms with E-state index in [1.54, 1.807) is 32.0 Å². The van der Waals surface area contributed by atoms with E-state index in [1.165, 1.54) is 0 Å². The highest BCUT2D eigenvalue weighted by molar-refractivity contribution is 5.72. The first-order valence-electron chi connectivity index (χ1n) is 5.98. The topological polar surface area (TPSA) is 56.8 Å². The van der Waals surface area contributed by atoms with Crippen molar-refractivity contribution in [3.05, 3.63) is 18.2 Å². The second kappa shape index (κ2) is 4.76. The molecule has 0 atom stereocenters. The number of para-hydroxylation sites is 1. The number of hydrogen-bond acceptors (Lipinski definition) is 4. The van der Waals surface area contributed by atoms with Gasteiger partial charge in [-0.2, -0.15) is 0 Å². The average Bonchev–Trinajstić information content (AvgIpc) is 2.62. The van der Waals surface area contributed by atoms with E-state index in [2.05, 4.69) is 5.32 Å². The zero-order valence-electron chi connectivity index (χ0n) is 10.8. The van der Waals surface area contributed by atoms with Crippen LogP contribution in [0.25, 0.3) is 0 Å². The van der Waals surface area contributed by atoms with Crippen LogP contribution in [0.15, 0.2) is 18.2 Å². The van der Waals surface area contributed by atoms with Crippen LogP contribution in [0, 0.1) is 0 Å². The molecule has 0 aliphatic carbocycles. The van der Waals surface area contributed by atoms with E-state index in [4.69, 9.17) is 14.2 Å². The van der Waals surface area contributed by atoms with Gasteiger partial charge < -0.3 is 19.5 Å². The van der Waals surface area contributed by atoms with Crippen LogP contribution < -0.4 is 19.5 Å². The van der Waals surface area contributed by atoms with Gasteiger partial charge in [0.1, 0.15) is 0 Å². The van der Waals surface area contributed by atoms with Gasteiger partial charge in [0, 0.05) is 20.4 Å². The lowest BCUT2D eigenvalue weighted by atomic mass is 10.3. The number of ether oxygens (including phenoxy) is 3. The lowest BCUT2D eigenvalue weighted by molar-refractivity contribution is -0.0438. The van der Waals surface area contributed by atoms with E-state index in [0.717, 1.165) is 6.42 Å². The van der Waals surface area contributed by atoms with Crippen LogP contribution in [0.1, 0.15) is 27.2 Å². The first kappa shape index (κ1) is 12.5. The van der Waals surface area contributed by atoms with Crippen molar-refractivity contribution in [3.63, 3.8) is 0 Å². The summed E-state index contributed by atoms with van der Waals surface area (Å²) in [5.41, 5.74) is 0. The molecule has 1 aromatic rings. The zero-order chi connectivity index (χ0) is 13.2. The largest absolute Gasteiger partial charge is 0.449 e. The van der Waals surface area contributed by atoms with Crippen molar-refractivity contribution in [3.8, 4) is 17.2 Å². The molecule has 5 heteroatoms. The lowest BCUT2D eigenvalue weighted by Crippen LogP contribution is -2.30. The minimum Gasteiger partial charge on any atom is -0.449 e. The second-order valence-electron chi connectivity index (χ2n) is 4.50. The van der Waals surface area contributed by atoms with Crippen LogP contribution >= 0.6 is 0 Å². The molecule has 0 fully saturated rings. The summed E-state index contributed by atoms with van der Waals surface area (Å²) in [6.07, 6.45) is 0.368. The normalized spacial score (nSPS) is 15.3. The summed E-state index contributed by atoms with van der Waals surface area (Å²) < 4.78 is 16.4. The minimum atomic E-state index is -0.734. The number of carbonyl (C=O) groups is 1. The molecule has 0 bridgehead atoms. The molecule has 0 saturated heterocycles. The molecular weight excluding hydrogens is 234 g/mol. The number of carbonyl (C=O) groups excluding carboxylic acids is 1. The summed E-state index contributed by atoms with van der Waals surface area (Å²) in [6.45, 7) is 6.15. The maximum absolute atomic E-state index is 11.5. The number of hydrogen-bond donors (Lipinski definition) is 1. The predicted octanol–water partition coefficient (Wildman–Crippen LogP) is 2.69. The van der Waals surface area contributed by atoms with Gasteiger partial charge in [0.15, 0.2) is 11.5 Å². The Balaban J connectivity index is 2.12. The van der Waals surface area contributed by atoms with Gasteiger partial charge in [0.05, 0.1) is 0 Å². The highest BCUT2D eigenvalue weighted by Crippen LogP contribution is 2.45. The summed E-state index contributed by atoms with van der Waals surface area (Å²) in [6, 6.07) is 5.21. The van der Waals surface area contributed by atoms with Crippen LogP contribution in [0.4, 0.5) is 4.79 Å². The molecule has 1 aliphatic heterocycles. The Morgan fingerprint density at radius 3 is 2.89 bits per heavy atom. The first-order valence-corrected chi connectivity index (χ1v) is 5.98. The highest BCUT2D eigenvalue weighted by Gasteiger charge is 2.34. The fourth-order valence-electron chi connectivity index (χ4n) is 1.65. The van der Waals surface area contributed by atoms with E-state index in [1.807, 2.05) is 6.92 Å². The Labute approximate surface area is 106 Å². The molecule has 0 radical (unpaired) electrons. The van der Waals surface area contributed by atoms with E-state index in [0.29, 0.717) is 23.8 Å². The smallest absolute Gasteiger partial charge is 0.412 e. The van der Waals surface area contributed by atoms with E-state index in [-0.39, 0.29) is 0 Å². The van der Waals surface area contributed by atoms with Crippen molar-refractivity contribution in [2.45, 2.75) is 33.0 Å². The van der Waals surface area contributed by atoms with Gasteiger partial charge in [0.25, 0.3) is 0 Å². The lowest BCUT2D eigenvalue weighted by Gasteiger charge is -2.16. The molecule has 0 spiro atoms. The number of amides is 1. The maximum atomic E-state index is 11.5. The number of benzene rings is 1. The zero-order valence-corrected chi connectivity index (χ0v) is 10.8. The molecule has 0 unspecified atom stereocenters. The van der Waals surface area contributed by atoms with E-state index in [9.17, 15) is 4.79 Å². The van der Waals surface area contributed by atoms with Gasteiger partial charge in [-0.15, -0.1) is 0 Å². The summed E-state index contributed by atoms with van der Waals surface area (Å²) >= 11 is 0. The molecular formula is C13H17NO4. The first-order chi connectivity index (χ1) is 8.52. The fraction of sp³-hybridized carbons (Fsp3) is 0.462. The molecule has 0 aromatic heterocycles. The Kier molecular flexibility index (Phi) is 3.32. The molecule has 0 saturated carbocycles. The molecule has 1 amide bonds. The van der Waals surface area contributed by atoms with E-state index >= 15 is 0 Å². The SMILES string of the molecule is CCCNC(=O)Oc1cccc2c1OC(C)(C)O2. The molecule has 1 heterocycles. The third-order valence-electron chi connectivity index (χ3n) is 2.37. The fourth-order valence-corrected chi connectivity index (χ4v) is 1.65. The molecule has 1 aromatic carbocycles. The van der Waals surface area contributed by atoms with Crippen molar-refractivity contribution in [2.75, 3.05) is 6.54 Å². The molecule has 98 valence electrons. The quantitative estimate of drug-likeness (QED) is 0.897. The highest BCUT2D eigenvalue weighted by atomic mass is 16.7. The molecule has 5 nitrogen and oxygen atoms in total. The van der Waals surface area contributed by atoms with Crippen molar-refractivity contribution in [2.24, 2.45) is 0 Å². The van der Waals surface area contributed by atoms with Crippen LogP contribution in [0.5, 0.6) is 17.2 Å². The maximum Gasteiger partial charge on any atom is 0.412 e. The third-order valence-corrected chi connectivity index (χ3v) is 2.37. The van der Waals surface area contributed by atoms with Crippen LogP contribution in [0.2, 0.25) is 0 Å². The second-order valence-corrected chi connectivity index (χ2v) is 4.50. The standard InChI is InChI=1S/C13H17NO4/c1-4-8-14-12(15)16-9-6-5-7-10-11(9)18-13(2,3)17-10/h5-7H,4,8H2,1-3H3,(H,14,15). The van der Waals surface area contributed by atoms with Crippen LogP contribution in [-0.4, -0.2) is 18.4 Å². The molecule has 1 aliphatic rings. The van der Waals surface area contributed by atoms with E-state index < -0.39 is 11.9 Å². The Morgan fingerprint density at radius 2 is 2.17 bits per heavy atom. The van der Waals surface area contributed by atoms with Gasteiger partial charge in [-0.05, 0) is 18.6 Å². The van der Waals surface area contributed by atoms with Crippen LogP contribution in [-0.2, 0) is 0 Å². The Hall–Kier alpha value is -1.91. The Morgan fingerprint density at radius 1 is 1.39 bits per heavy atom. The Bertz CT molecular complexity index is 456. The predicted molar refractivity (Wildman–Crippen MR) is 66.1 cm³/mol. The summed E-state index contributed by atoms with van der Waals surface area (Å²) in [5.74, 6) is 0.684. The summed E-state index contributed by atoms with van der Waals surface area (Å²) in [4.78, 5) is 11.5. The van der Waals surface area contributed by atoms with Gasteiger partial charge in [-0.25, -0.2) is 4.79 Å². The van der Waals surface area contributed by atoms with Crippen LogP contribution in [0.3, 0.4) is 0 Å². The number of nitrogens with one attached hydrogen (secondary N) is 1. The van der Waals surface area contributed by atoms with Crippen molar-refractivity contribution in [1.82, 2.24) is 5.32 Å². The van der Waals surface area contributed by atoms with Gasteiger partial charge >= 0.3 is 6.09 Å². The van der Waals surface area contributed by atoms with Gasteiger partial charge in [-0.3, -0.25) is 0 Å². The average molecular weight is 251 g/mol. The molecule has 18 heavy (non-hydrogen) atoms. The minimum absolute atomic E-state index is 0.367. The molecule has 2 rings (SSSR count).